The molecule has 0 saturated carbocycles. The zero-order valence-corrected chi connectivity index (χ0v) is 20.5. The number of para-hydroxylation sites is 2. The van der Waals surface area contributed by atoms with E-state index in [1.54, 1.807) is 6.08 Å². The van der Waals surface area contributed by atoms with Crippen LogP contribution in [-0.4, -0.2) is 28.6 Å². The number of carbonyl (C=O) groups is 1. The Morgan fingerprint density at radius 2 is 1.77 bits per heavy atom. The van der Waals surface area contributed by atoms with Gasteiger partial charge in [-0.15, -0.1) is 0 Å². The molecule has 1 amide bonds. The van der Waals surface area contributed by atoms with E-state index in [4.69, 9.17) is 9.72 Å². The number of nitrogens with one attached hydrogen (secondary N) is 1. The smallest absolute Gasteiger partial charge is 0.244 e. The number of nitrogens with zero attached hydrogens (tertiary/aromatic N) is 2. The van der Waals surface area contributed by atoms with Crippen LogP contribution in [0.5, 0.6) is 5.75 Å². The van der Waals surface area contributed by atoms with E-state index in [2.05, 4.69) is 41.9 Å². The van der Waals surface area contributed by atoms with Gasteiger partial charge in [0.25, 0.3) is 0 Å². The summed E-state index contributed by atoms with van der Waals surface area (Å²) >= 11 is 0. The second-order valence-corrected chi connectivity index (χ2v) is 8.76. The van der Waals surface area contributed by atoms with Gasteiger partial charge in [-0.05, 0) is 73.7 Å². The number of hydrogen-bond donors (Lipinski definition) is 1. The first-order chi connectivity index (χ1) is 17.1. The average molecular weight is 468 g/mol. The van der Waals surface area contributed by atoms with Gasteiger partial charge in [-0.1, -0.05) is 48.5 Å². The molecular weight excluding hydrogens is 434 g/mol. The Bertz CT molecular complexity index is 1290. The summed E-state index contributed by atoms with van der Waals surface area (Å²) in [4.78, 5) is 17.1. The van der Waals surface area contributed by atoms with Crippen molar-refractivity contribution in [3.8, 4) is 5.75 Å². The summed E-state index contributed by atoms with van der Waals surface area (Å²) < 4.78 is 8.22. The van der Waals surface area contributed by atoms with Crippen LogP contribution in [0.25, 0.3) is 17.1 Å². The minimum absolute atomic E-state index is 0.0972. The molecule has 0 unspecified atom stereocenters. The Hall–Kier alpha value is -3.86. The monoisotopic (exact) mass is 467 g/mol. The summed E-state index contributed by atoms with van der Waals surface area (Å²) in [6.07, 6.45) is 6.03. The van der Waals surface area contributed by atoms with Crippen LogP contribution in [-0.2, 0) is 17.8 Å². The molecule has 0 radical (unpaired) electrons. The van der Waals surface area contributed by atoms with E-state index in [1.165, 1.54) is 11.1 Å². The summed E-state index contributed by atoms with van der Waals surface area (Å²) in [5, 5.41) is 2.98. The van der Waals surface area contributed by atoms with Gasteiger partial charge in [-0.2, -0.15) is 0 Å². The van der Waals surface area contributed by atoms with Crippen molar-refractivity contribution in [2.24, 2.45) is 0 Å². The lowest BCUT2D eigenvalue weighted by Gasteiger charge is -2.11. The Kier molecular flexibility index (Phi) is 8.34. The minimum Gasteiger partial charge on any atom is -0.494 e. The van der Waals surface area contributed by atoms with Crippen LogP contribution in [0.1, 0.15) is 35.4 Å². The Labute approximate surface area is 207 Å². The van der Waals surface area contributed by atoms with Crippen molar-refractivity contribution < 1.29 is 9.53 Å². The third kappa shape index (κ3) is 6.82. The van der Waals surface area contributed by atoms with E-state index >= 15 is 0 Å². The number of imidazole rings is 1. The summed E-state index contributed by atoms with van der Waals surface area (Å²) in [7, 11) is 0. The number of hydrogen-bond acceptors (Lipinski definition) is 3. The van der Waals surface area contributed by atoms with Gasteiger partial charge in [-0.25, -0.2) is 4.98 Å². The summed E-state index contributed by atoms with van der Waals surface area (Å²) in [6.45, 7) is 6.31. The van der Waals surface area contributed by atoms with Gasteiger partial charge in [-0.3, -0.25) is 4.79 Å². The van der Waals surface area contributed by atoms with E-state index in [9.17, 15) is 4.79 Å². The molecule has 0 saturated heterocycles. The molecule has 5 nitrogen and oxygen atoms in total. The number of amides is 1. The van der Waals surface area contributed by atoms with Gasteiger partial charge < -0.3 is 14.6 Å². The molecule has 0 atom stereocenters. The van der Waals surface area contributed by atoms with Gasteiger partial charge in [0.2, 0.25) is 5.91 Å². The second kappa shape index (κ2) is 12.0. The fraction of sp³-hybridized carbons (Fsp3) is 0.267. The van der Waals surface area contributed by atoms with Gasteiger partial charge in [0.05, 0.1) is 17.6 Å². The van der Waals surface area contributed by atoms with Crippen molar-refractivity contribution in [1.82, 2.24) is 14.9 Å². The highest BCUT2D eigenvalue weighted by Crippen LogP contribution is 2.19. The Balaban J connectivity index is 1.29. The van der Waals surface area contributed by atoms with Crippen molar-refractivity contribution in [2.45, 2.75) is 39.7 Å². The maximum atomic E-state index is 12.2. The predicted octanol–water partition coefficient (Wildman–Crippen LogP) is 5.88. The first-order valence-electron chi connectivity index (χ1n) is 12.3. The molecule has 0 aliphatic heterocycles. The zero-order valence-electron chi connectivity index (χ0n) is 20.5. The van der Waals surface area contributed by atoms with Gasteiger partial charge in [0.1, 0.15) is 11.6 Å². The van der Waals surface area contributed by atoms with Crippen molar-refractivity contribution in [1.29, 1.82) is 0 Å². The molecule has 5 heteroatoms. The molecule has 35 heavy (non-hydrogen) atoms. The molecule has 0 aliphatic carbocycles. The first-order valence-corrected chi connectivity index (χ1v) is 12.3. The van der Waals surface area contributed by atoms with Gasteiger partial charge in [0.15, 0.2) is 0 Å². The first kappa shape index (κ1) is 24.3. The number of aromatic nitrogens is 2. The highest BCUT2D eigenvalue weighted by molar-refractivity contribution is 5.91. The van der Waals surface area contributed by atoms with Crippen LogP contribution in [0.15, 0.2) is 78.9 Å². The fourth-order valence-corrected chi connectivity index (χ4v) is 4.02. The van der Waals surface area contributed by atoms with Gasteiger partial charge in [0, 0.05) is 25.6 Å². The number of aryl methyl sites for hydroxylation is 3. The zero-order chi connectivity index (χ0) is 24.5. The number of carbonyl (C=O) groups excluding carboxylic acids is 1. The minimum atomic E-state index is -0.0972. The molecule has 0 bridgehead atoms. The normalized spacial score (nSPS) is 11.3. The Morgan fingerprint density at radius 1 is 0.971 bits per heavy atom. The van der Waals surface area contributed by atoms with Crippen molar-refractivity contribution >= 4 is 23.0 Å². The van der Waals surface area contributed by atoms with Crippen LogP contribution < -0.4 is 10.1 Å². The molecule has 4 aromatic rings. The van der Waals surface area contributed by atoms with E-state index in [-0.39, 0.29) is 5.91 Å². The largest absolute Gasteiger partial charge is 0.494 e. The summed E-state index contributed by atoms with van der Waals surface area (Å²) in [5.74, 6) is 1.83. The summed E-state index contributed by atoms with van der Waals surface area (Å²) in [6, 6.07) is 24.3. The molecule has 0 fully saturated rings. The standard InChI is InChI=1S/C30H33N3O2/c1-23-14-16-26(22-24(23)2)35-21-9-8-20-33-28-13-7-6-12-27(28)32-29(33)18-19-31-30(34)17-15-25-10-4-3-5-11-25/h3-7,10-17,22H,8-9,18-21H2,1-2H3,(H,31,34)/b17-15+. The fourth-order valence-electron chi connectivity index (χ4n) is 4.02. The third-order valence-corrected chi connectivity index (χ3v) is 6.13. The lowest BCUT2D eigenvalue weighted by molar-refractivity contribution is -0.116. The molecule has 1 aromatic heterocycles. The SMILES string of the molecule is Cc1ccc(OCCCCn2c(CCNC(=O)/C=C/c3ccccc3)nc3ccccc32)cc1C. The van der Waals surface area contributed by atoms with Crippen LogP contribution in [0.3, 0.4) is 0 Å². The number of benzene rings is 3. The van der Waals surface area contributed by atoms with E-state index < -0.39 is 0 Å². The predicted molar refractivity (Wildman–Crippen MR) is 143 cm³/mol. The molecule has 0 spiro atoms. The number of unbranched alkanes of at least 4 members (excludes halogenated alkanes) is 1. The molecule has 4 rings (SSSR count). The molecule has 3 aromatic carbocycles. The molecule has 180 valence electrons. The molecular formula is C30H33N3O2. The van der Waals surface area contributed by atoms with Crippen molar-refractivity contribution in [3.05, 3.63) is 101 Å². The topological polar surface area (TPSA) is 56.1 Å². The number of ether oxygens (including phenoxy) is 1. The average Bonchev–Trinajstić information content (AvgIpc) is 3.22. The van der Waals surface area contributed by atoms with Gasteiger partial charge >= 0.3 is 0 Å². The molecule has 0 aliphatic rings. The highest BCUT2D eigenvalue weighted by atomic mass is 16.5. The van der Waals surface area contributed by atoms with Crippen LogP contribution in [0.4, 0.5) is 0 Å². The molecule has 1 heterocycles. The maximum Gasteiger partial charge on any atom is 0.244 e. The lowest BCUT2D eigenvalue weighted by atomic mass is 10.1. The third-order valence-electron chi connectivity index (χ3n) is 6.13. The molecule has 1 N–H and O–H groups in total. The van der Waals surface area contributed by atoms with Crippen molar-refractivity contribution in [3.63, 3.8) is 0 Å². The quantitative estimate of drug-likeness (QED) is 0.221. The Morgan fingerprint density at radius 3 is 2.60 bits per heavy atom. The number of rotatable bonds is 11. The van der Waals surface area contributed by atoms with Crippen LogP contribution in [0.2, 0.25) is 0 Å². The second-order valence-electron chi connectivity index (χ2n) is 8.76. The van der Waals surface area contributed by atoms with E-state index in [0.29, 0.717) is 19.6 Å². The van der Waals surface area contributed by atoms with Crippen molar-refractivity contribution in [2.75, 3.05) is 13.2 Å². The van der Waals surface area contributed by atoms with Crippen LogP contribution in [0, 0.1) is 13.8 Å². The maximum absolute atomic E-state index is 12.2. The van der Waals surface area contributed by atoms with Crippen LogP contribution >= 0.6 is 0 Å². The number of fused-ring (bicyclic) bond motifs is 1. The van der Waals surface area contributed by atoms with E-state index in [1.807, 2.05) is 60.7 Å². The lowest BCUT2D eigenvalue weighted by Crippen LogP contribution is -2.24. The van der Waals surface area contributed by atoms with E-state index in [0.717, 1.165) is 47.6 Å². The summed E-state index contributed by atoms with van der Waals surface area (Å²) in [5.41, 5.74) is 5.66. The highest BCUT2D eigenvalue weighted by Gasteiger charge is 2.10.